The Morgan fingerprint density at radius 3 is 2.48 bits per heavy atom. The average molecular weight is 317 g/mol. The number of amides is 1. The molecule has 0 aromatic heterocycles. The first-order valence-corrected chi connectivity index (χ1v) is 8.07. The lowest BCUT2D eigenvalue weighted by molar-refractivity contribution is -0.148. The Bertz CT molecular complexity index is 658. The SMILES string of the molecule is O=C(Nc1ccc2c(c1)OCCO2)[C@@H]1[C@@H]2CC[C@@H](C2)[C@@H]1C(=O)O. The molecule has 2 bridgehead atoms. The van der Waals surface area contributed by atoms with E-state index in [4.69, 9.17) is 9.47 Å². The standard InChI is InChI=1S/C17H19NO5/c19-16(14-9-1-2-10(7-9)15(14)17(20)21)18-11-3-4-12-13(8-11)23-6-5-22-12/h3-4,8-10,14-15H,1-2,5-7H2,(H,18,19)(H,20,21)/t9-,10+,14-,15+/m1/s1. The number of aliphatic carboxylic acids is 1. The molecule has 0 saturated heterocycles. The molecule has 2 aliphatic carbocycles. The lowest BCUT2D eigenvalue weighted by atomic mass is 9.78. The lowest BCUT2D eigenvalue weighted by Crippen LogP contribution is -2.37. The van der Waals surface area contributed by atoms with E-state index in [1.54, 1.807) is 18.2 Å². The third kappa shape index (κ3) is 2.42. The maximum atomic E-state index is 12.6. The van der Waals surface area contributed by atoms with Crippen molar-refractivity contribution in [3.8, 4) is 11.5 Å². The second-order valence-corrected chi connectivity index (χ2v) is 6.57. The zero-order valence-electron chi connectivity index (χ0n) is 12.7. The fourth-order valence-electron chi connectivity index (χ4n) is 4.37. The smallest absolute Gasteiger partial charge is 0.307 e. The molecular formula is C17H19NO5. The molecule has 0 radical (unpaired) electrons. The minimum Gasteiger partial charge on any atom is -0.486 e. The van der Waals surface area contributed by atoms with E-state index >= 15 is 0 Å². The van der Waals surface area contributed by atoms with Crippen LogP contribution < -0.4 is 14.8 Å². The van der Waals surface area contributed by atoms with Crippen molar-refractivity contribution in [2.45, 2.75) is 19.3 Å². The van der Waals surface area contributed by atoms with Crippen LogP contribution in [0, 0.1) is 23.7 Å². The van der Waals surface area contributed by atoms with E-state index in [0.717, 1.165) is 19.3 Å². The minimum atomic E-state index is -0.848. The van der Waals surface area contributed by atoms with Crippen molar-refractivity contribution in [1.29, 1.82) is 0 Å². The van der Waals surface area contributed by atoms with E-state index in [1.807, 2.05) is 0 Å². The number of hydrogen-bond acceptors (Lipinski definition) is 4. The molecule has 0 unspecified atom stereocenters. The van der Waals surface area contributed by atoms with Crippen LogP contribution in [0.4, 0.5) is 5.69 Å². The van der Waals surface area contributed by atoms with E-state index in [1.165, 1.54) is 0 Å². The van der Waals surface area contributed by atoms with Gasteiger partial charge < -0.3 is 19.9 Å². The van der Waals surface area contributed by atoms with Crippen LogP contribution in [0.15, 0.2) is 18.2 Å². The van der Waals surface area contributed by atoms with Crippen molar-refractivity contribution in [1.82, 2.24) is 0 Å². The molecule has 1 aromatic carbocycles. The number of hydrogen-bond donors (Lipinski definition) is 2. The van der Waals surface area contributed by atoms with Gasteiger partial charge in [-0.25, -0.2) is 0 Å². The fraction of sp³-hybridized carbons (Fsp3) is 0.529. The number of carbonyl (C=O) groups excluding carboxylic acids is 1. The third-order valence-electron chi connectivity index (χ3n) is 5.31. The number of anilines is 1. The molecule has 0 spiro atoms. The number of carbonyl (C=O) groups is 2. The highest BCUT2D eigenvalue weighted by Gasteiger charge is 2.53. The minimum absolute atomic E-state index is 0.147. The molecule has 23 heavy (non-hydrogen) atoms. The largest absolute Gasteiger partial charge is 0.486 e. The first kappa shape index (κ1) is 14.4. The Hall–Kier alpha value is -2.24. The molecule has 2 fully saturated rings. The number of fused-ring (bicyclic) bond motifs is 3. The van der Waals surface area contributed by atoms with Gasteiger partial charge in [0.25, 0.3) is 0 Å². The summed E-state index contributed by atoms with van der Waals surface area (Å²) in [7, 11) is 0. The summed E-state index contributed by atoms with van der Waals surface area (Å²) in [5, 5.41) is 12.3. The highest BCUT2D eigenvalue weighted by molar-refractivity contribution is 5.96. The summed E-state index contributed by atoms with van der Waals surface area (Å²) in [5.41, 5.74) is 0.617. The Morgan fingerprint density at radius 1 is 1.04 bits per heavy atom. The number of rotatable bonds is 3. The predicted octanol–water partition coefficient (Wildman–Crippen LogP) is 2.14. The molecule has 1 amide bonds. The van der Waals surface area contributed by atoms with Crippen LogP contribution in [0.2, 0.25) is 0 Å². The van der Waals surface area contributed by atoms with Crippen LogP contribution in [0.5, 0.6) is 11.5 Å². The second kappa shape index (κ2) is 5.44. The Balaban J connectivity index is 1.52. The Morgan fingerprint density at radius 2 is 1.74 bits per heavy atom. The van der Waals surface area contributed by atoms with E-state index in [9.17, 15) is 14.7 Å². The van der Waals surface area contributed by atoms with E-state index in [0.29, 0.717) is 30.4 Å². The number of ether oxygens (including phenoxy) is 2. The monoisotopic (exact) mass is 317 g/mol. The molecule has 2 saturated carbocycles. The van der Waals surface area contributed by atoms with Crippen molar-refractivity contribution in [2.24, 2.45) is 23.7 Å². The van der Waals surface area contributed by atoms with E-state index in [2.05, 4.69) is 5.32 Å². The number of benzene rings is 1. The zero-order chi connectivity index (χ0) is 16.0. The molecule has 1 heterocycles. The van der Waals surface area contributed by atoms with Crippen LogP contribution in [0.3, 0.4) is 0 Å². The maximum absolute atomic E-state index is 12.6. The maximum Gasteiger partial charge on any atom is 0.307 e. The van der Waals surface area contributed by atoms with Gasteiger partial charge in [-0.2, -0.15) is 0 Å². The third-order valence-corrected chi connectivity index (χ3v) is 5.31. The lowest BCUT2D eigenvalue weighted by Gasteiger charge is -2.27. The van der Waals surface area contributed by atoms with Crippen molar-refractivity contribution in [3.63, 3.8) is 0 Å². The first-order chi connectivity index (χ1) is 11.1. The first-order valence-electron chi connectivity index (χ1n) is 8.07. The van der Waals surface area contributed by atoms with Crippen molar-refractivity contribution < 1.29 is 24.2 Å². The molecule has 1 aromatic rings. The summed E-state index contributed by atoms with van der Waals surface area (Å²) in [4.78, 5) is 24.2. The predicted molar refractivity (Wildman–Crippen MR) is 81.5 cm³/mol. The van der Waals surface area contributed by atoms with E-state index in [-0.39, 0.29) is 17.7 Å². The second-order valence-electron chi connectivity index (χ2n) is 6.57. The van der Waals surface area contributed by atoms with Gasteiger partial charge in [-0.1, -0.05) is 0 Å². The van der Waals surface area contributed by atoms with Crippen LogP contribution >= 0.6 is 0 Å². The number of carboxylic acid groups (broad SMARTS) is 1. The average Bonchev–Trinajstić information content (AvgIpc) is 3.15. The molecule has 2 N–H and O–H groups in total. The normalized spacial score (nSPS) is 31.0. The topological polar surface area (TPSA) is 84.9 Å². The summed E-state index contributed by atoms with van der Waals surface area (Å²) in [6, 6.07) is 5.25. The van der Waals surface area contributed by atoms with Gasteiger partial charge >= 0.3 is 5.97 Å². The molecule has 1 aliphatic heterocycles. The van der Waals surface area contributed by atoms with Crippen LogP contribution in [-0.2, 0) is 9.59 Å². The van der Waals surface area contributed by atoms with Crippen LogP contribution in [0.1, 0.15) is 19.3 Å². The fourth-order valence-corrected chi connectivity index (χ4v) is 4.37. The highest BCUT2D eigenvalue weighted by Crippen LogP contribution is 2.52. The molecule has 6 nitrogen and oxygen atoms in total. The van der Waals surface area contributed by atoms with Crippen LogP contribution in [0.25, 0.3) is 0 Å². The van der Waals surface area contributed by atoms with Crippen molar-refractivity contribution >= 4 is 17.6 Å². The van der Waals surface area contributed by atoms with Crippen molar-refractivity contribution in [2.75, 3.05) is 18.5 Å². The molecule has 3 aliphatic rings. The zero-order valence-corrected chi connectivity index (χ0v) is 12.7. The van der Waals surface area contributed by atoms with Gasteiger partial charge in [-0.05, 0) is 43.2 Å². The Labute approximate surface area is 133 Å². The molecule has 6 heteroatoms. The van der Waals surface area contributed by atoms with Gasteiger partial charge in [0.1, 0.15) is 13.2 Å². The molecular weight excluding hydrogens is 298 g/mol. The summed E-state index contributed by atoms with van der Waals surface area (Å²) in [6.07, 6.45) is 2.74. The van der Waals surface area contributed by atoms with Gasteiger partial charge in [0.2, 0.25) is 5.91 Å². The van der Waals surface area contributed by atoms with Gasteiger partial charge in [-0.3, -0.25) is 9.59 Å². The number of nitrogens with one attached hydrogen (secondary N) is 1. The van der Waals surface area contributed by atoms with Crippen LogP contribution in [-0.4, -0.2) is 30.2 Å². The summed E-state index contributed by atoms with van der Waals surface area (Å²) in [6.45, 7) is 1.00. The summed E-state index contributed by atoms with van der Waals surface area (Å²) >= 11 is 0. The summed E-state index contributed by atoms with van der Waals surface area (Å²) in [5.74, 6) is -0.410. The quantitative estimate of drug-likeness (QED) is 0.892. The molecule has 4 rings (SSSR count). The number of carboxylic acids is 1. The van der Waals surface area contributed by atoms with Gasteiger partial charge in [0.05, 0.1) is 11.8 Å². The molecule has 4 atom stereocenters. The molecule has 122 valence electrons. The van der Waals surface area contributed by atoms with Gasteiger partial charge in [0.15, 0.2) is 11.5 Å². The Kier molecular flexibility index (Phi) is 3.39. The van der Waals surface area contributed by atoms with Crippen molar-refractivity contribution in [3.05, 3.63) is 18.2 Å². The highest BCUT2D eigenvalue weighted by atomic mass is 16.6. The summed E-state index contributed by atoms with van der Waals surface area (Å²) < 4.78 is 11.0. The van der Waals surface area contributed by atoms with Gasteiger partial charge in [-0.15, -0.1) is 0 Å². The van der Waals surface area contributed by atoms with E-state index < -0.39 is 17.8 Å². The van der Waals surface area contributed by atoms with Gasteiger partial charge in [0, 0.05) is 11.8 Å².